The number of carbonyl (C=O) groups excluding carboxylic acids is 8. The van der Waals surface area contributed by atoms with E-state index in [1.165, 1.54) is 12.5 Å². The number of aromatic amines is 2. The van der Waals surface area contributed by atoms with Gasteiger partial charge < -0.3 is 70.1 Å². The van der Waals surface area contributed by atoms with Crippen molar-refractivity contribution in [3.05, 3.63) is 90.1 Å². The first kappa shape index (κ1) is 56.8. The van der Waals surface area contributed by atoms with Crippen molar-refractivity contribution >= 4 is 85.7 Å². The van der Waals surface area contributed by atoms with Gasteiger partial charge in [0.1, 0.15) is 36.3 Å². The number of H-pyrrole nitrogens is 2. The van der Waals surface area contributed by atoms with Gasteiger partial charge >= 0.3 is 0 Å². The minimum Gasteiger partial charge on any atom is -0.370 e. The standard InChI is InChI=1S/C48H67N15O8S2/c1-2-3-14-32(49)42(66)63-39-26-73-72-25-38(41(50)65)58-40(64)17-10-18-54-43(67)36(21-29-23-56-33-15-8-7-13-31(29)33)61-44(68)34(16-9-19-55-48(51)52)59-45(69)35(20-28-11-5-4-6-12-28)60-46(70)37(62-47(39)71)22-30-24-53-27-57-30/h4-8,11-13,15,23-24,27,32,34-39,56H,2-3,9-10,14,16-22,25-26,49H2,1H3,(H2,50,65)(H,53,57)(H,54,67)(H,58,64)(H,59,69)(H,60,70)(H,61,68)(H,62,71)(H,63,66)(H4,51,52,55)/t32-,34-,35+,36-,37-,38-,39-/m0/s1. The van der Waals surface area contributed by atoms with E-state index < -0.39 is 89.6 Å². The molecule has 1 aliphatic heterocycles. The number of aliphatic imine (C=N–C) groups is 1. The van der Waals surface area contributed by atoms with Gasteiger partial charge in [0.25, 0.3) is 0 Å². The molecule has 7 atom stereocenters. The molecule has 4 aromatic rings. The summed E-state index contributed by atoms with van der Waals surface area (Å²) in [5, 5.41) is 20.2. The van der Waals surface area contributed by atoms with Gasteiger partial charge in [-0.1, -0.05) is 89.9 Å². The van der Waals surface area contributed by atoms with Crippen LogP contribution in [0.2, 0.25) is 0 Å². The Balaban J connectivity index is 1.52. The zero-order valence-electron chi connectivity index (χ0n) is 40.7. The SMILES string of the molecule is CCCC[C@H](N)C(=O)N[C@H]1CSSC[C@@H](C(N)=O)NC(=O)CCCNC(=O)[C@H](Cc2c[nH]c3ccccc23)NC(=O)[C@H](CCCN=C(N)N)NC(=O)[C@@H](Cc2ccccc2)NC(=O)[C@H](Cc2cnc[nH]2)NC1=O. The second-order valence-corrected chi connectivity index (χ2v) is 20.1. The number of nitrogens with one attached hydrogen (secondary N) is 9. The number of aromatic nitrogens is 3. The smallest absolute Gasteiger partial charge is 0.244 e. The molecule has 1 fully saturated rings. The summed E-state index contributed by atoms with van der Waals surface area (Å²) in [7, 11) is 2.22. The molecular weight excluding hydrogens is 979 g/mol. The highest BCUT2D eigenvalue weighted by atomic mass is 33.1. The molecule has 17 N–H and O–H groups in total. The van der Waals surface area contributed by atoms with E-state index in [2.05, 4.69) is 57.2 Å². The van der Waals surface area contributed by atoms with Crippen LogP contribution in [0, 0.1) is 0 Å². The molecule has 0 bridgehead atoms. The summed E-state index contributed by atoms with van der Waals surface area (Å²) < 4.78 is 0. The Kier molecular flexibility index (Phi) is 22.9. The van der Waals surface area contributed by atoms with Gasteiger partial charge in [0, 0.05) is 79.3 Å². The van der Waals surface area contributed by atoms with E-state index in [1.54, 1.807) is 36.5 Å². The molecular formula is C48H67N15O8S2. The van der Waals surface area contributed by atoms with Crippen molar-refractivity contribution in [2.75, 3.05) is 24.6 Å². The average Bonchev–Trinajstić information content (AvgIpc) is 4.05. The number of guanidine groups is 1. The van der Waals surface area contributed by atoms with Gasteiger partial charge in [0.2, 0.25) is 47.3 Å². The molecule has 3 heterocycles. The van der Waals surface area contributed by atoms with E-state index in [9.17, 15) is 38.4 Å². The van der Waals surface area contributed by atoms with Gasteiger partial charge in [0.15, 0.2) is 5.96 Å². The van der Waals surface area contributed by atoms with Crippen LogP contribution in [0.25, 0.3) is 10.9 Å². The van der Waals surface area contributed by atoms with Crippen molar-refractivity contribution in [1.29, 1.82) is 0 Å². The number of unbranched alkanes of at least 4 members (excludes halogenated alkanes) is 1. The Morgan fingerprint density at radius 3 is 2.12 bits per heavy atom. The molecule has 25 heteroatoms. The van der Waals surface area contributed by atoms with E-state index in [0.29, 0.717) is 29.7 Å². The molecule has 2 aromatic carbocycles. The molecule has 73 heavy (non-hydrogen) atoms. The molecule has 2 aromatic heterocycles. The summed E-state index contributed by atoms with van der Waals surface area (Å²) in [5.41, 5.74) is 25.7. The number of benzene rings is 2. The summed E-state index contributed by atoms with van der Waals surface area (Å²) in [4.78, 5) is 125. The maximum absolute atomic E-state index is 14.7. The Bertz CT molecular complexity index is 2510. The number of para-hydroxylation sites is 1. The number of nitrogens with two attached hydrogens (primary N) is 4. The molecule has 1 saturated heterocycles. The van der Waals surface area contributed by atoms with Gasteiger partial charge in [-0.05, 0) is 42.9 Å². The Labute approximate surface area is 430 Å². The molecule has 5 rings (SSSR count). The number of rotatable bonds is 16. The maximum atomic E-state index is 14.7. The summed E-state index contributed by atoms with van der Waals surface area (Å²) in [5.74, 6) is -5.82. The normalized spacial score (nSPS) is 21.9. The molecule has 394 valence electrons. The van der Waals surface area contributed by atoms with Gasteiger partial charge in [-0.2, -0.15) is 0 Å². The fourth-order valence-corrected chi connectivity index (χ4v) is 10.1. The van der Waals surface area contributed by atoms with Crippen LogP contribution >= 0.6 is 21.6 Å². The first-order valence-electron chi connectivity index (χ1n) is 24.1. The predicted octanol–water partition coefficient (Wildman–Crippen LogP) is -0.825. The van der Waals surface area contributed by atoms with Crippen molar-refractivity contribution in [3.8, 4) is 0 Å². The van der Waals surface area contributed by atoms with E-state index in [0.717, 1.165) is 38.9 Å². The third kappa shape index (κ3) is 18.8. The number of hydrogen-bond donors (Lipinski definition) is 13. The lowest BCUT2D eigenvalue weighted by atomic mass is 10.0. The molecule has 23 nitrogen and oxygen atoms in total. The monoisotopic (exact) mass is 1050 g/mol. The molecule has 0 aliphatic carbocycles. The van der Waals surface area contributed by atoms with E-state index >= 15 is 0 Å². The van der Waals surface area contributed by atoms with Crippen molar-refractivity contribution in [3.63, 3.8) is 0 Å². The highest BCUT2D eigenvalue weighted by Gasteiger charge is 2.34. The molecule has 1 aliphatic rings. The number of imidazole rings is 1. The highest BCUT2D eigenvalue weighted by molar-refractivity contribution is 8.76. The molecule has 0 radical (unpaired) electrons. The second kappa shape index (κ2) is 29.4. The van der Waals surface area contributed by atoms with Crippen LogP contribution in [0.5, 0.6) is 0 Å². The predicted molar refractivity (Wildman–Crippen MR) is 280 cm³/mol. The third-order valence-corrected chi connectivity index (χ3v) is 14.2. The first-order valence-corrected chi connectivity index (χ1v) is 26.6. The summed E-state index contributed by atoms with van der Waals surface area (Å²) in [6, 6.07) is 7.77. The largest absolute Gasteiger partial charge is 0.370 e. The number of hydrogen-bond acceptors (Lipinski definition) is 13. The zero-order valence-corrected chi connectivity index (χ0v) is 42.3. The van der Waals surface area contributed by atoms with Crippen molar-refractivity contribution in [2.45, 2.75) is 113 Å². The summed E-state index contributed by atoms with van der Waals surface area (Å²) >= 11 is 0. The van der Waals surface area contributed by atoms with Gasteiger partial charge in [-0.25, -0.2) is 4.98 Å². The van der Waals surface area contributed by atoms with Crippen LogP contribution < -0.4 is 60.2 Å². The van der Waals surface area contributed by atoms with Crippen LogP contribution in [-0.2, 0) is 57.6 Å². The van der Waals surface area contributed by atoms with Crippen molar-refractivity contribution < 1.29 is 38.4 Å². The lowest BCUT2D eigenvalue weighted by molar-refractivity contribution is -0.135. The fourth-order valence-electron chi connectivity index (χ4n) is 7.77. The van der Waals surface area contributed by atoms with E-state index in [-0.39, 0.29) is 75.5 Å². The van der Waals surface area contributed by atoms with E-state index in [1.807, 2.05) is 31.2 Å². The third-order valence-electron chi connectivity index (χ3n) is 11.8. The Morgan fingerprint density at radius 2 is 1.42 bits per heavy atom. The first-order chi connectivity index (χ1) is 35.1. The minimum absolute atomic E-state index is 0.00674. The van der Waals surface area contributed by atoms with Crippen molar-refractivity contribution in [2.24, 2.45) is 27.9 Å². The minimum atomic E-state index is -1.36. The van der Waals surface area contributed by atoms with Gasteiger partial charge in [-0.15, -0.1) is 0 Å². The van der Waals surface area contributed by atoms with Crippen LogP contribution in [0.1, 0.15) is 68.7 Å². The van der Waals surface area contributed by atoms with Gasteiger partial charge in [0.05, 0.1) is 12.4 Å². The van der Waals surface area contributed by atoms with E-state index in [4.69, 9.17) is 22.9 Å². The van der Waals surface area contributed by atoms with Crippen LogP contribution in [0.4, 0.5) is 0 Å². The Morgan fingerprint density at radius 1 is 0.767 bits per heavy atom. The fraction of sp³-hybridized carbons (Fsp3) is 0.458. The molecule has 8 amide bonds. The topological polar surface area (TPSA) is 382 Å². The Hall–Kier alpha value is -7.12. The maximum Gasteiger partial charge on any atom is 0.244 e. The lowest BCUT2D eigenvalue weighted by Gasteiger charge is -2.27. The van der Waals surface area contributed by atoms with Crippen LogP contribution in [0.15, 0.2) is 78.3 Å². The van der Waals surface area contributed by atoms with Crippen LogP contribution in [-0.4, -0.2) is 135 Å². The second-order valence-electron chi connectivity index (χ2n) is 17.5. The molecule has 0 spiro atoms. The number of primary amides is 1. The molecule has 0 saturated carbocycles. The number of nitrogens with zero attached hydrogens (tertiary/aromatic N) is 2. The zero-order chi connectivity index (χ0) is 52.7. The molecule has 0 unspecified atom stereocenters. The van der Waals surface area contributed by atoms with Crippen LogP contribution in [0.3, 0.4) is 0 Å². The lowest BCUT2D eigenvalue weighted by Crippen LogP contribution is -2.60. The number of amides is 8. The summed E-state index contributed by atoms with van der Waals surface area (Å²) in [6.07, 6.45) is 6.47. The summed E-state index contributed by atoms with van der Waals surface area (Å²) in [6.45, 7) is 2.05. The van der Waals surface area contributed by atoms with Gasteiger partial charge in [-0.3, -0.25) is 43.3 Å². The number of carbonyl (C=O) groups is 8. The number of fused-ring (bicyclic) bond motifs is 1. The quantitative estimate of drug-likeness (QED) is 0.0282. The van der Waals surface area contributed by atoms with Crippen molar-refractivity contribution in [1.82, 2.24) is 52.2 Å². The highest BCUT2D eigenvalue weighted by Crippen LogP contribution is 2.24. The average molecular weight is 1050 g/mol.